The average molecular weight is 405 g/mol. The van der Waals surface area contributed by atoms with Gasteiger partial charge in [0.05, 0.1) is 11.9 Å². The first-order valence-corrected chi connectivity index (χ1v) is 9.70. The number of hydrogen-bond acceptors (Lipinski definition) is 3. The molecule has 0 saturated heterocycles. The zero-order valence-electron chi connectivity index (χ0n) is 13.3. The van der Waals surface area contributed by atoms with E-state index in [0.717, 1.165) is 22.7 Å². The van der Waals surface area contributed by atoms with Gasteiger partial charge in [-0.1, -0.05) is 23.2 Å². The van der Waals surface area contributed by atoms with Crippen LogP contribution in [0.4, 0.5) is 15.8 Å². The Hall–Kier alpha value is -1.83. The van der Waals surface area contributed by atoms with Gasteiger partial charge in [0.1, 0.15) is 11.9 Å². The molecule has 2 aromatic rings. The predicted octanol–water partition coefficient (Wildman–Crippen LogP) is 3.93. The number of rotatable bonds is 5. The van der Waals surface area contributed by atoms with Crippen molar-refractivity contribution in [1.82, 2.24) is 0 Å². The summed E-state index contributed by atoms with van der Waals surface area (Å²) in [6.07, 6.45) is 0.969. The molecule has 0 spiro atoms. The van der Waals surface area contributed by atoms with Crippen LogP contribution in [-0.2, 0) is 14.8 Å². The smallest absolute Gasteiger partial charge is 0.247 e. The lowest BCUT2D eigenvalue weighted by atomic mass is 10.2. The van der Waals surface area contributed by atoms with E-state index in [1.165, 1.54) is 37.3 Å². The number of carbonyl (C=O) groups excluding carboxylic acids is 1. The fourth-order valence-corrected chi connectivity index (χ4v) is 3.97. The number of hydrogen-bond donors (Lipinski definition) is 1. The molecule has 2 aromatic carbocycles. The molecule has 0 fully saturated rings. The molecule has 25 heavy (non-hydrogen) atoms. The Kier molecular flexibility index (Phi) is 5.92. The molecule has 1 amide bonds. The molecule has 0 radical (unpaired) electrons. The summed E-state index contributed by atoms with van der Waals surface area (Å²) >= 11 is 11.8. The summed E-state index contributed by atoms with van der Waals surface area (Å²) < 4.78 is 38.3. The van der Waals surface area contributed by atoms with E-state index >= 15 is 0 Å². The fourth-order valence-electron chi connectivity index (χ4n) is 2.27. The van der Waals surface area contributed by atoms with E-state index in [4.69, 9.17) is 23.2 Å². The Bertz CT molecular complexity index is 869. The predicted molar refractivity (Wildman–Crippen MR) is 98.3 cm³/mol. The van der Waals surface area contributed by atoms with E-state index in [0.29, 0.717) is 15.7 Å². The standard InChI is InChI=1S/C16H15Cl2FN2O3S/c1-10(16(22)20-14-8-11(17)7-12(18)9-14)21(25(2,23)24)15-5-3-13(19)4-6-15/h3-10H,1-2H3,(H,20,22)/t10-/m1/s1. The van der Waals surface area contributed by atoms with Crippen LogP contribution in [0.3, 0.4) is 0 Å². The Morgan fingerprint density at radius 1 is 1.12 bits per heavy atom. The van der Waals surface area contributed by atoms with Gasteiger partial charge in [-0.15, -0.1) is 0 Å². The summed E-state index contributed by atoms with van der Waals surface area (Å²) in [7, 11) is -3.79. The summed E-state index contributed by atoms with van der Waals surface area (Å²) in [5.41, 5.74) is 0.512. The monoisotopic (exact) mass is 404 g/mol. The summed E-state index contributed by atoms with van der Waals surface area (Å²) in [6, 6.07) is 8.21. The van der Waals surface area contributed by atoms with Gasteiger partial charge in [-0.2, -0.15) is 0 Å². The third-order valence-corrected chi connectivity index (χ3v) is 4.98. The second-order valence-corrected chi connectivity index (χ2v) is 8.09. The van der Waals surface area contributed by atoms with E-state index in [-0.39, 0.29) is 5.69 Å². The maximum atomic E-state index is 13.1. The minimum absolute atomic E-state index is 0.177. The number of benzene rings is 2. The number of sulfonamides is 1. The minimum atomic E-state index is -3.79. The topological polar surface area (TPSA) is 66.5 Å². The van der Waals surface area contributed by atoms with Crippen LogP contribution < -0.4 is 9.62 Å². The molecule has 1 atom stereocenters. The van der Waals surface area contributed by atoms with Crippen LogP contribution in [0, 0.1) is 5.82 Å². The third-order valence-electron chi connectivity index (χ3n) is 3.30. The molecule has 0 bridgehead atoms. The molecule has 0 aliphatic rings. The SMILES string of the molecule is C[C@H](C(=O)Nc1cc(Cl)cc(Cl)c1)N(c1ccc(F)cc1)S(C)(=O)=O. The van der Waals surface area contributed by atoms with Crippen LogP contribution in [0.5, 0.6) is 0 Å². The molecular weight excluding hydrogens is 390 g/mol. The van der Waals surface area contributed by atoms with Crippen molar-refractivity contribution >= 4 is 50.5 Å². The lowest BCUT2D eigenvalue weighted by Gasteiger charge is -2.28. The first-order valence-electron chi connectivity index (χ1n) is 7.10. The number of nitrogens with zero attached hydrogens (tertiary/aromatic N) is 1. The molecule has 0 aliphatic heterocycles. The Morgan fingerprint density at radius 3 is 2.12 bits per heavy atom. The van der Waals surface area contributed by atoms with E-state index in [1.807, 2.05) is 0 Å². The summed E-state index contributed by atoms with van der Waals surface area (Å²) in [6.45, 7) is 1.42. The van der Waals surface area contributed by atoms with Crippen LogP contribution in [0.15, 0.2) is 42.5 Å². The summed E-state index contributed by atoms with van der Waals surface area (Å²) in [5, 5.41) is 3.22. The van der Waals surface area contributed by atoms with Crippen molar-refractivity contribution in [3.05, 3.63) is 58.3 Å². The van der Waals surface area contributed by atoms with Gasteiger partial charge in [-0.05, 0) is 49.4 Å². The molecular formula is C16H15Cl2FN2O3S. The number of amides is 1. The van der Waals surface area contributed by atoms with Crippen molar-refractivity contribution < 1.29 is 17.6 Å². The molecule has 0 saturated carbocycles. The highest BCUT2D eigenvalue weighted by molar-refractivity contribution is 7.92. The maximum absolute atomic E-state index is 13.1. The molecule has 0 aromatic heterocycles. The fraction of sp³-hybridized carbons (Fsp3) is 0.188. The van der Waals surface area contributed by atoms with E-state index < -0.39 is 27.8 Å². The zero-order valence-corrected chi connectivity index (χ0v) is 15.7. The molecule has 1 N–H and O–H groups in total. The van der Waals surface area contributed by atoms with Gasteiger partial charge in [-0.25, -0.2) is 12.8 Å². The Labute approximate surface area is 155 Å². The van der Waals surface area contributed by atoms with Crippen LogP contribution in [0.25, 0.3) is 0 Å². The highest BCUT2D eigenvalue weighted by atomic mass is 35.5. The molecule has 9 heteroatoms. The van der Waals surface area contributed by atoms with Crippen molar-refractivity contribution in [3.8, 4) is 0 Å². The normalized spacial score (nSPS) is 12.5. The van der Waals surface area contributed by atoms with Gasteiger partial charge in [0.2, 0.25) is 15.9 Å². The van der Waals surface area contributed by atoms with Crippen molar-refractivity contribution in [1.29, 1.82) is 0 Å². The van der Waals surface area contributed by atoms with Crippen molar-refractivity contribution in [2.24, 2.45) is 0 Å². The highest BCUT2D eigenvalue weighted by Gasteiger charge is 2.29. The largest absolute Gasteiger partial charge is 0.324 e. The van der Waals surface area contributed by atoms with Crippen LogP contribution in [0.1, 0.15) is 6.92 Å². The second-order valence-electron chi connectivity index (χ2n) is 5.36. The molecule has 0 heterocycles. The van der Waals surface area contributed by atoms with E-state index in [1.54, 1.807) is 0 Å². The average Bonchev–Trinajstić information content (AvgIpc) is 2.47. The molecule has 5 nitrogen and oxygen atoms in total. The molecule has 134 valence electrons. The summed E-state index contributed by atoms with van der Waals surface area (Å²) in [5.74, 6) is -1.10. The summed E-state index contributed by atoms with van der Waals surface area (Å²) in [4.78, 5) is 12.5. The third kappa shape index (κ3) is 5.07. The number of nitrogens with one attached hydrogen (secondary N) is 1. The lowest BCUT2D eigenvalue weighted by Crippen LogP contribution is -2.45. The molecule has 0 aliphatic carbocycles. The van der Waals surface area contributed by atoms with Crippen LogP contribution >= 0.6 is 23.2 Å². The first-order chi connectivity index (χ1) is 11.6. The highest BCUT2D eigenvalue weighted by Crippen LogP contribution is 2.25. The van der Waals surface area contributed by atoms with Crippen LogP contribution in [-0.4, -0.2) is 26.6 Å². The van der Waals surface area contributed by atoms with Gasteiger partial charge in [0, 0.05) is 15.7 Å². The maximum Gasteiger partial charge on any atom is 0.247 e. The van der Waals surface area contributed by atoms with E-state index in [9.17, 15) is 17.6 Å². The minimum Gasteiger partial charge on any atom is -0.324 e. The number of anilines is 2. The van der Waals surface area contributed by atoms with Crippen LogP contribution in [0.2, 0.25) is 10.0 Å². The van der Waals surface area contributed by atoms with E-state index in [2.05, 4.69) is 5.32 Å². The second kappa shape index (κ2) is 7.59. The van der Waals surface area contributed by atoms with Crippen molar-refractivity contribution in [2.45, 2.75) is 13.0 Å². The Balaban J connectivity index is 2.31. The van der Waals surface area contributed by atoms with Crippen molar-refractivity contribution in [2.75, 3.05) is 15.9 Å². The van der Waals surface area contributed by atoms with Crippen molar-refractivity contribution in [3.63, 3.8) is 0 Å². The van der Waals surface area contributed by atoms with Gasteiger partial charge < -0.3 is 5.32 Å². The zero-order chi connectivity index (χ0) is 18.8. The number of carbonyl (C=O) groups is 1. The van der Waals surface area contributed by atoms with Gasteiger partial charge in [0.15, 0.2) is 0 Å². The lowest BCUT2D eigenvalue weighted by molar-refractivity contribution is -0.116. The van der Waals surface area contributed by atoms with Gasteiger partial charge in [-0.3, -0.25) is 9.10 Å². The molecule has 0 unspecified atom stereocenters. The Morgan fingerprint density at radius 2 is 1.64 bits per heavy atom. The molecule has 2 rings (SSSR count). The van der Waals surface area contributed by atoms with Gasteiger partial charge in [0.25, 0.3) is 0 Å². The number of halogens is 3. The van der Waals surface area contributed by atoms with Gasteiger partial charge >= 0.3 is 0 Å². The first kappa shape index (κ1) is 19.5. The quantitative estimate of drug-likeness (QED) is 0.820.